The minimum absolute atomic E-state index is 0.0872. The molecule has 2 rings (SSSR count). The Hall–Kier alpha value is -1.55. The number of phenols is 1. The van der Waals surface area contributed by atoms with Crippen LogP contribution in [0.2, 0.25) is 5.02 Å². The highest BCUT2D eigenvalue weighted by Crippen LogP contribution is 2.21. The second kappa shape index (κ2) is 10.3. The third-order valence-corrected chi connectivity index (χ3v) is 4.68. The molecule has 1 fully saturated rings. The van der Waals surface area contributed by atoms with Gasteiger partial charge in [0.25, 0.3) is 5.91 Å². The molecule has 0 atom stereocenters. The third kappa shape index (κ3) is 6.52. The summed E-state index contributed by atoms with van der Waals surface area (Å²) in [4.78, 5) is 12.2. The minimum Gasteiger partial charge on any atom is -0.507 e. The van der Waals surface area contributed by atoms with Gasteiger partial charge in [-0.1, -0.05) is 56.5 Å². The van der Waals surface area contributed by atoms with Gasteiger partial charge in [-0.05, 0) is 43.9 Å². The second-order valence-electron chi connectivity index (χ2n) is 6.46. The summed E-state index contributed by atoms with van der Waals surface area (Å²) >= 11 is 5.88. The van der Waals surface area contributed by atoms with E-state index in [0.717, 1.165) is 31.4 Å². The zero-order valence-corrected chi connectivity index (χ0v) is 14.9. The summed E-state index contributed by atoms with van der Waals surface area (Å²) in [5, 5.41) is 14.5. The van der Waals surface area contributed by atoms with Crippen molar-refractivity contribution in [1.29, 1.82) is 0 Å². The lowest BCUT2D eigenvalue weighted by molar-refractivity contribution is 0.0952. The second-order valence-corrected chi connectivity index (χ2v) is 6.90. The van der Waals surface area contributed by atoms with E-state index in [4.69, 9.17) is 11.6 Å². The van der Waals surface area contributed by atoms with E-state index in [1.165, 1.54) is 57.1 Å². The van der Waals surface area contributed by atoms with Crippen molar-refractivity contribution in [1.82, 2.24) is 5.43 Å². The lowest BCUT2D eigenvalue weighted by Gasteiger charge is -2.10. The third-order valence-electron chi connectivity index (χ3n) is 4.45. The van der Waals surface area contributed by atoms with E-state index in [1.54, 1.807) is 6.07 Å². The van der Waals surface area contributed by atoms with Crippen LogP contribution < -0.4 is 5.43 Å². The molecule has 132 valence electrons. The van der Waals surface area contributed by atoms with Gasteiger partial charge in [-0.25, -0.2) is 5.43 Å². The van der Waals surface area contributed by atoms with Crippen molar-refractivity contribution in [3.8, 4) is 5.75 Å². The molecule has 0 bridgehead atoms. The Morgan fingerprint density at radius 2 is 1.50 bits per heavy atom. The summed E-state index contributed by atoms with van der Waals surface area (Å²) < 4.78 is 0. The smallest absolute Gasteiger partial charge is 0.275 e. The summed E-state index contributed by atoms with van der Waals surface area (Å²) in [5.41, 5.74) is 3.78. The molecular formula is C19H27ClN2O2. The molecule has 0 spiro atoms. The van der Waals surface area contributed by atoms with Crippen molar-refractivity contribution >= 4 is 23.2 Å². The van der Waals surface area contributed by atoms with Crippen LogP contribution in [-0.4, -0.2) is 16.7 Å². The van der Waals surface area contributed by atoms with Crippen LogP contribution in [0.4, 0.5) is 0 Å². The minimum atomic E-state index is -0.423. The molecule has 2 N–H and O–H groups in total. The van der Waals surface area contributed by atoms with E-state index >= 15 is 0 Å². The number of carbonyl (C=O) groups is 1. The summed E-state index contributed by atoms with van der Waals surface area (Å²) in [6.07, 6.45) is 13.2. The van der Waals surface area contributed by atoms with E-state index in [9.17, 15) is 9.90 Å². The number of halogens is 1. The molecule has 1 aliphatic rings. The van der Waals surface area contributed by atoms with E-state index in [2.05, 4.69) is 10.5 Å². The van der Waals surface area contributed by atoms with Crippen molar-refractivity contribution in [3.63, 3.8) is 0 Å². The first kappa shape index (κ1) is 18.8. The first-order chi connectivity index (χ1) is 11.7. The lowest BCUT2D eigenvalue weighted by Crippen LogP contribution is -2.20. The van der Waals surface area contributed by atoms with Gasteiger partial charge in [-0.15, -0.1) is 0 Å². The quantitative estimate of drug-likeness (QED) is 0.698. The largest absolute Gasteiger partial charge is 0.507 e. The number of rotatable bonds is 2. The topological polar surface area (TPSA) is 61.7 Å². The van der Waals surface area contributed by atoms with Gasteiger partial charge < -0.3 is 5.11 Å². The average Bonchev–Trinajstić information content (AvgIpc) is 2.56. The van der Waals surface area contributed by atoms with Gasteiger partial charge in [0.05, 0.1) is 5.56 Å². The molecule has 0 unspecified atom stereocenters. The molecule has 0 heterocycles. The molecule has 1 aliphatic carbocycles. The molecule has 0 radical (unpaired) electrons. The maximum Gasteiger partial charge on any atom is 0.275 e. The number of amides is 1. The predicted octanol–water partition coefficient (Wildman–Crippen LogP) is 5.44. The van der Waals surface area contributed by atoms with Crippen molar-refractivity contribution in [2.45, 2.75) is 70.6 Å². The van der Waals surface area contributed by atoms with Crippen molar-refractivity contribution < 1.29 is 9.90 Å². The standard InChI is InChI=1S/C19H27ClN2O2/c20-15-12-13-18(23)17(14-15)19(24)22-21-16-10-8-6-4-2-1-3-5-7-9-11-16/h12-14,23H,1-11H2,(H,22,24). The number of aromatic hydroxyl groups is 1. The summed E-state index contributed by atoms with van der Waals surface area (Å²) in [6, 6.07) is 4.42. The van der Waals surface area contributed by atoms with Crippen molar-refractivity contribution in [3.05, 3.63) is 28.8 Å². The molecule has 1 amide bonds. The fourth-order valence-electron chi connectivity index (χ4n) is 3.01. The van der Waals surface area contributed by atoms with E-state index < -0.39 is 5.91 Å². The number of nitrogens with zero attached hydrogens (tertiary/aromatic N) is 1. The van der Waals surface area contributed by atoms with Gasteiger partial charge in [0.15, 0.2) is 0 Å². The van der Waals surface area contributed by atoms with Crippen LogP contribution in [0.3, 0.4) is 0 Å². The highest BCUT2D eigenvalue weighted by atomic mass is 35.5. The van der Waals surface area contributed by atoms with Crippen LogP contribution in [0, 0.1) is 0 Å². The lowest BCUT2D eigenvalue weighted by atomic mass is 10.00. The molecule has 0 aliphatic heterocycles. The maximum atomic E-state index is 12.2. The summed E-state index contributed by atoms with van der Waals surface area (Å²) in [6.45, 7) is 0. The Kier molecular flexibility index (Phi) is 8.10. The van der Waals surface area contributed by atoms with Crippen LogP contribution in [0.15, 0.2) is 23.3 Å². The number of carbonyl (C=O) groups excluding carboxylic acids is 1. The van der Waals surface area contributed by atoms with Crippen molar-refractivity contribution in [2.24, 2.45) is 5.10 Å². The highest BCUT2D eigenvalue weighted by Gasteiger charge is 2.12. The van der Waals surface area contributed by atoms with E-state index in [-0.39, 0.29) is 11.3 Å². The highest BCUT2D eigenvalue weighted by molar-refractivity contribution is 6.31. The molecular weight excluding hydrogens is 324 g/mol. The zero-order valence-electron chi connectivity index (χ0n) is 14.2. The monoisotopic (exact) mass is 350 g/mol. The number of hydrazone groups is 1. The van der Waals surface area contributed by atoms with Crippen LogP contribution in [0.1, 0.15) is 81.0 Å². The average molecular weight is 351 g/mol. The fraction of sp³-hybridized carbons (Fsp3) is 0.579. The Morgan fingerprint density at radius 3 is 2.08 bits per heavy atom. The van der Waals surface area contributed by atoms with Gasteiger partial charge in [-0.3, -0.25) is 4.79 Å². The van der Waals surface area contributed by atoms with Crippen LogP contribution in [0.25, 0.3) is 0 Å². The maximum absolute atomic E-state index is 12.2. The molecule has 1 saturated carbocycles. The first-order valence-electron chi connectivity index (χ1n) is 9.01. The van der Waals surface area contributed by atoms with E-state index in [1.807, 2.05) is 0 Å². The van der Waals surface area contributed by atoms with Crippen molar-refractivity contribution in [2.75, 3.05) is 0 Å². The number of phenolic OH excluding ortho intramolecular Hbond substituents is 1. The van der Waals surface area contributed by atoms with Gasteiger partial charge in [0.1, 0.15) is 5.75 Å². The fourth-order valence-corrected chi connectivity index (χ4v) is 3.18. The molecule has 5 heteroatoms. The summed E-state index contributed by atoms with van der Waals surface area (Å²) in [7, 11) is 0. The summed E-state index contributed by atoms with van der Waals surface area (Å²) in [5.74, 6) is -0.510. The number of nitrogens with one attached hydrogen (secondary N) is 1. The Morgan fingerprint density at radius 1 is 0.958 bits per heavy atom. The molecule has 1 aromatic carbocycles. The van der Waals surface area contributed by atoms with Gasteiger partial charge >= 0.3 is 0 Å². The van der Waals surface area contributed by atoms with Gasteiger partial charge in [0, 0.05) is 10.7 Å². The molecule has 0 saturated heterocycles. The van der Waals surface area contributed by atoms with Gasteiger partial charge in [-0.2, -0.15) is 5.10 Å². The SMILES string of the molecule is O=C(NN=C1CCCCCCCCCCC1)c1cc(Cl)ccc1O. The van der Waals surface area contributed by atoms with Crippen LogP contribution >= 0.6 is 11.6 Å². The number of hydrogen-bond acceptors (Lipinski definition) is 3. The van der Waals surface area contributed by atoms with Gasteiger partial charge in [0.2, 0.25) is 0 Å². The predicted molar refractivity (Wildman–Crippen MR) is 98.8 cm³/mol. The zero-order chi connectivity index (χ0) is 17.2. The Bertz CT molecular complexity index is 558. The first-order valence-corrected chi connectivity index (χ1v) is 9.39. The van der Waals surface area contributed by atoms with E-state index in [0.29, 0.717) is 5.02 Å². The molecule has 0 aromatic heterocycles. The normalized spacial score (nSPS) is 17.5. The number of benzene rings is 1. The van der Waals surface area contributed by atoms with Crippen LogP contribution in [0.5, 0.6) is 5.75 Å². The molecule has 24 heavy (non-hydrogen) atoms. The van der Waals surface area contributed by atoms with Crippen LogP contribution in [-0.2, 0) is 0 Å². The number of hydrogen-bond donors (Lipinski definition) is 2. The molecule has 4 nitrogen and oxygen atoms in total. The Labute approximate surface area is 149 Å². The molecule has 1 aromatic rings. The Balaban J connectivity index is 1.95.